The highest BCUT2D eigenvalue weighted by atomic mass is 16.6. The average Bonchev–Trinajstić information content (AvgIpc) is 2.55. The largest absolute Gasteiger partial charge is 0.460 e. The molecular weight excluding hydrogens is 214 g/mol. The van der Waals surface area contributed by atoms with Gasteiger partial charge in [-0.25, -0.2) is 0 Å². The SMILES string of the molecule is CC(=O)OC(C)(C)C[C@]1(CN)C[C@@H]2CC=C[C@@H]21. The van der Waals surface area contributed by atoms with Gasteiger partial charge in [0.25, 0.3) is 0 Å². The zero-order valence-corrected chi connectivity index (χ0v) is 11.0. The van der Waals surface area contributed by atoms with Gasteiger partial charge in [-0.3, -0.25) is 4.79 Å². The van der Waals surface area contributed by atoms with Crippen molar-refractivity contribution in [3.8, 4) is 0 Å². The van der Waals surface area contributed by atoms with Crippen LogP contribution < -0.4 is 5.73 Å². The van der Waals surface area contributed by atoms with Gasteiger partial charge in [0.1, 0.15) is 5.60 Å². The molecule has 0 aromatic rings. The zero-order valence-electron chi connectivity index (χ0n) is 11.0. The van der Waals surface area contributed by atoms with Gasteiger partial charge in [0.05, 0.1) is 0 Å². The van der Waals surface area contributed by atoms with Crippen LogP contribution in [0.4, 0.5) is 0 Å². The van der Waals surface area contributed by atoms with E-state index in [1.807, 2.05) is 13.8 Å². The van der Waals surface area contributed by atoms with Crippen molar-refractivity contribution >= 4 is 5.97 Å². The predicted molar refractivity (Wildman–Crippen MR) is 67.3 cm³/mol. The van der Waals surface area contributed by atoms with Crippen molar-refractivity contribution in [3.05, 3.63) is 12.2 Å². The fourth-order valence-electron chi connectivity index (χ4n) is 3.87. The molecule has 0 aromatic carbocycles. The van der Waals surface area contributed by atoms with Gasteiger partial charge in [0.2, 0.25) is 0 Å². The molecule has 0 saturated heterocycles. The first-order chi connectivity index (χ1) is 7.88. The van der Waals surface area contributed by atoms with Gasteiger partial charge in [0.15, 0.2) is 0 Å². The molecule has 0 aromatic heterocycles. The highest BCUT2D eigenvalue weighted by Crippen LogP contribution is 2.59. The van der Waals surface area contributed by atoms with E-state index in [9.17, 15) is 4.79 Å². The second-order valence-electron chi connectivity index (χ2n) is 6.25. The van der Waals surface area contributed by atoms with Crippen LogP contribution in [0.5, 0.6) is 0 Å². The van der Waals surface area contributed by atoms with Gasteiger partial charge in [-0.05, 0) is 56.9 Å². The number of hydrogen-bond donors (Lipinski definition) is 1. The molecule has 0 heterocycles. The minimum absolute atomic E-state index is 0.149. The molecule has 2 rings (SSSR count). The number of carbonyl (C=O) groups excluding carboxylic acids is 1. The van der Waals surface area contributed by atoms with Crippen molar-refractivity contribution in [1.29, 1.82) is 0 Å². The molecule has 3 heteroatoms. The monoisotopic (exact) mass is 237 g/mol. The number of esters is 1. The standard InChI is InChI=1S/C14H23NO2/c1-10(16)17-13(2,3)8-14(9-15)7-11-5-4-6-12(11)14/h4,6,11-12H,5,7-9,15H2,1-3H3/t11-,12-,14-/m0/s1. The smallest absolute Gasteiger partial charge is 0.303 e. The van der Waals surface area contributed by atoms with Crippen LogP contribution in [0.3, 0.4) is 0 Å². The highest BCUT2D eigenvalue weighted by Gasteiger charge is 2.54. The van der Waals surface area contributed by atoms with Gasteiger partial charge in [-0.1, -0.05) is 12.2 Å². The summed E-state index contributed by atoms with van der Waals surface area (Å²) in [5.74, 6) is 1.18. The molecule has 2 N–H and O–H groups in total. The second-order valence-corrected chi connectivity index (χ2v) is 6.25. The van der Waals surface area contributed by atoms with Crippen LogP contribution in [-0.4, -0.2) is 18.1 Å². The summed E-state index contributed by atoms with van der Waals surface area (Å²) in [5, 5.41) is 0. The molecule has 2 aliphatic carbocycles. The minimum atomic E-state index is -0.410. The van der Waals surface area contributed by atoms with E-state index in [1.165, 1.54) is 19.8 Å². The quantitative estimate of drug-likeness (QED) is 0.602. The summed E-state index contributed by atoms with van der Waals surface area (Å²) in [6.07, 6.45) is 7.81. The maximum atomic E-state index is 11.1. The number of ether oxygens (including phenoxy) is 1. The van der Waals surface area contributed by atoms with E-state index < -0.39 is 5.60 Å². The van der Waals surface area contributed by atoms with E-state index in [1.54, 1.807) is 0 Å². The zero-order chi connectivity index (χ0) is 12.7. The lowest BCUT2D eigenvalue weighted by Gasteiger charge is -2.54. The first kappa shape index (κ1) is 12.6. The topological polar surface area (TPSA) is 52.3 Å². The van der Waals surface area contributed by atoms with E-state index in [4.69, 9.17) is 10.5 Å². The van der Waals surface area contributed by atoms with Crippen LogP contribution in [0, 0.1) is 17.3 Å². The van der Waals surface area contributed by atoms with Crippen molar-refractivity contribution in [3.63, 3.8) is 0 Å². The normalized spacial score (nSPS) is 35.3. The van der Waals surface area contributed by atoms with Gasteiger partial charge in [-0.15, -0.1) is 0 Å². The van der Waals surface area contributed by atoms with E-state index in [0.29, 0.717) is 12.5 Å². The molecule has 3 nitrogen and oxygen atoms in total. The molecule has 0 amide bonds. The van der Waals surface area contributed by atoms with Gasteiger partial charge < -0.3 is 10.5 Å². The molecule has 17 heavy (non-hydrogen) atoms. The maximum absolute atomic E-state index is 11.1. The number of allylic oxidation sites excluding steroid dienone is 2. The van der Waals surface area contributed by atoms with Gasteiger partial charge >= 0.3 is 5.97 Å². The predicted octanol–water partition coefficient (Wildman–Crippen LogP) is 2.26. The Balaban J connectivity index is 2.05. The molecule has 0 aliphatic heterocycles. The summed E-state index contributed by atoms with van der Waals surface area (Å²) in [6.45, 7) is 6.12. The Hall–Kier alpha value is -0.830. The molecule has 0 spiro atoms. The number of fused-ring (bicyclic) bond motifs is 1. The van der Waals surface area contributed by atoms with Gasteiger partial charge in [0, 0.05) is 6.92 Å². The van der Waals surface area contributed by atoms with Crippen LogP contribution in [0.2, 0.25) is 0 Å². The van der Waals surface area contributed by atoms with Crippen molar-refractivity contribution in [2.24, 2.45) is 23.0 Å². The van der Waals surface area contributed by atoms with Crippen LogP contribution in [-0.2, 0) is 9.53 Å². The third-order valence-electron chi connectivity index (χ3n) is 4.27. The Bertz CT molecular complexity index is 348. The molecule has 1 saturated carbocycles. The van der Waals surface area contributed by atoms with Crippen LogP contribution in [0.15, 0.2) is 12.2 Å². The summed E-state index contributed by atoms with van der Waals surface area (Å²) in [5.41, 5.74) is 5.73. The first-order valence-corrected chi connectivity index (χ1v) is 6.45. The Morgan fingerprint density at radius 3 is 2.82 bits per heavy atom. The Kier molecular flexibility index (Phi) is 3.06. The van der Waals surface area contributed by atoms with Gasteiger partial charge in [-0.2, -0.15) is 0 Å². The van der Waals surface area contributed by atoms with E-state index in [0.717, 1.165) is 12.3 Å². The van der Waals surface area contributed by atoms with Crippen molar-refractivity contribution in [2.45, 2.75) is 45.6 Å². The summed E-state index contributed by atoms with van der Waals surface area (Å²) >= 11 is 0. The second kappa shape index (κ2) is 4.13. The minimum Gasteiger partial charge on any atom is -0.460 e. The fourth-order valence-corrected chi connectivity index (χ4v) is 3.87. The molecule has 1 fully saturated rings. The fraction of sp³-hybridized carbons (Fsp3) is 0.786. The molecule has 3 atom stereocenters. The van der Waals surface area contributed by atoms with Crippen molar-refractivity contribution in [2.75, 3.05) is 6.54 Å². The number of carbonyl (C=O) groups is 1. The Morgan fingerprint density at radius 1 is 1.59 bits per heavy atom. The average molecular weight is 237 g/mol. The third kappa shape index (κ3) is 2.25. The summed E-state index contributed by atoms with van der Waals surface area (Å²) in [6, 6.07) is 0. The van der Waals surface area contributed by atoms with Crippen LogP contribution in [0.25, 0.3) is 0 Å². The molecular formula is C14H23NO2. The van der Waals surface area contributed by atoms with Crippen molar-refractivity contribution < 1.29 is 9.53 Å². The van der Waals surface area contributed by atoms with E-state index in [-0.39, 0.29) is 11.4 Å². The molecule has 2 aliphatic rings. The number of nitrogens with two attached hydrogens (primary N) is 1. The number of hydrogen-bond acceptors (Lipinski definition) is 3. The Labute approximate surface area is 103 Å². The van der Waals surface area contributed by atoms with E-state index in [2.05, 4.69) is 12.2 Å². The molecule has 0 unspecified atom stereocenters. The summed E-state index contributed by atoms with van der Waals surface area (Å²) in [4.78, 5) is 11.1. The maximum Gasteiger partial charge on any atom is 0.303 e. The van der Waals surface area contributed by atoms with E-state index >= 15 is 0 Å². The molecule has 0 bridgehead atoms. The van der Waals surface area contributed by atoms with Crippen LogP contribution in [0.1, 0.15) is 40.0 Å². The lowest BCUT2D eigenvalue weighted by atomic mass is 9.52. The highest BCUT2D eigenvalue weighted by molar-refractivity contribution is 5.66. The lowest BCUT2D eigenvalue weighted by molar-refractivity contribution is -0.161. The Morgan fingerprint density at radius 2 is 2.29 bits per heavy atom. The summed E-state index contributed by atoms with van der Waals surface area (Å²) < 4.78 is 5.40. The van der Waals surface area contributed by atoms with Crippen molar-refractivity contribution in [1.82, 2.24) is 0 Å². The lowest BCUT2D eigenvalue weighted by Crippen LogP contribution is -2.53. The number of rotatable bonds is 4. The van der Waals surface area contributed by atoms with Crippen LogP contribution >= 0.6 is 0 Å². The first-order valence-electron chi connectivity index (χ1n) is 6.45. The third-order valence-corrected chi connectivity index (χ3v) is 4.27. The molecule has 96 valence electrons. The molecule has 0 radical (unpaired) electrons. The summed E-state index contributed by atoms with van der Waals surface area (Å²) in [7, 11) is 0.